The van der Waals surface area contributed by atoms with Crippen LogP contribution in [0.1, 0.15) is 20.7 Å². The molecule has 4 nitrogen and oxygen atoms in total. The van der Waals surface area contributed by atoms with E-state index >= 15 is 0 Å². The quantitative estimate of drug-likeness (QED) is 0.385. The molecule has 1 unspecified atom stereocenters. The summed E-state index contributed by atoms with van der Waals surface area (Å²) >= 11 is 6.89. The van der Waals surface area contributed by atoms with Crippen LogP contribution in [0, 0.1) is 10.7 Å². The monoisotopic (exact) mass is 620 g/mol. The van der Waals surface area contributed by atoms with Gasteiger partial charge in [0.1, 0.15) is 0 Å². The Balaban J connectivity index is 3.80. The number of carboxylic acids is 2. The number of hydrogen-bond donors (Lipinski definition) is 2. The standard InChI is InChI=1S/C8H4AsI3O4/c9-3-5(11)1(7(13)14)4(10)2(6(3)12)8(15)16/h9H2,(H,13,14)(H,15,16). The molecular weight excluding hydrogens is 616 g/mol. The van der Waals surface area contributed by atoms with Gasteiger partial charge in [-0.05, 0) is 0 Å². The molecule has 0 amide bonds. The van der Waals surface area contributed by atoms with Crippen molar-refractivity contribution in [2.45, 2.75) is 0 Å². The molecule has 0 aromatic heterocycles. The van der Waals surface area contributed by atoms with Crippen molar-refractivity contribution >= 4 is 101 Å². The fourth-order valence-corrected chi connectivity index (χ4v) is 5.75. The Morgan fingerprint density at radius 1 is 0.875 bits per heavy atom. The van der Waals surface area contributed by atoms with Gasteiger partial charge < -0.3 is 0 Å². The van der Waals surface area contributed by atoms with Gasteiger partial charge in [0.15, 0.2) is 0 Å². The Morgan fingerprint density at radius 2 is 1.19 bits per heavy atom. The van der Waals surface area contributed by atoms with Gasteiger partial charge >= 0.3 is 143 Å². The molecule has 0 heterocycles. The summed E-state index contributed by atoms with van der Waals surface area (Å²) in [5, 5.41) is 18.1. The van der Waals surface area contributed by atoms with Crippen LogP contribution in [0.3, 0.4) is 0 Å². The summed E-state index contributed by atoms with van der Waals surface area (Å²) in [5.74, 6) is -2.18. The number of aromatic carboxylic acids is 2. The average molecular weight is 620 g/mol. The van der Waals surface area contributed by atoms with E-state index in [2.05, 4.69) is 0 Å². The SMILES string of the molecule is O=C(O)c1c(I)c([AsH2])c(I)c(C(=O)O)c1I. The maximum absolute atomic E-state index is 11.1. The van der Waals surface area contributed by atoms with Gasteiger partial charge in [0.2, 0.25) is 0 Å². The molecule has 0 fully saturated rings. The Hall–Kier alpha value is 0.908. The minimum absolute atomic E-state index is 0.0818. The second-order valence-corrected chi connectivity index (χ2v) is 7.16. The van der Waals surface area contributed by atoms with Gasteiger partial charge in [0.25, 0.3) is 0 Å². The fraction of sp³-hybridized carbons (Fsp3) is 0. The Bertz CT molecular complexity index is 460. The van der Waals surface area contributed by atoms with E-state index in [4.69, 9.17) is 10.2 Å². The molecule has 1 aromatic carbocycles. The van der Waals surface area contributed by atoms with Gasteiger partial charge in [0.05, 0.1) is 0 Å². The second kappa shape index (κ2) is 5.70. The van der Waals surface area contributed by atoms with Crippen LogP contribution >= 0.6 is 67.8 Å². The van der Waals surface area contributed by atoms with Gasteiger partial charge in [-0.15, -0.1) is 0 Å². The maximum atomic E-state index is 11.1. The van der Waals surface area contributed by atoms with Crippen molar-refractivity contribution in [3.8, 4) is 0 Å². The molecule has 16 heavy (non-hydrogen) atoms. The van der Waals surface area contributed by atoms with E-state index in [1.807, 2.05) is 45.2 Å². The molecule has 0 aliphatic rings. The summed E-state index contributed by atoms with van der Waals surface area (Å²) in [5.41, 5.74) is 0.164. The minimum atomic E-state index is -1.09. The Labute approximate surface area is 140 Å². The molecule has 0 bridgehead atoms. The van der Waals surface area contributed by atoms with Crippen LogP contribution in [-0.2, 0) is 0 Å². The molecule has 1 atom stereocenters. The number of benzene rings is 1. The summed E-state index contributed by atoms with van der Waals surface area (Å²) in [6, 6.07) is 0. The zero-order chi connectivity index (χ0) is 12.6. The van der Waals surface area contributed by atoms with Gasteiger partial charge in [0, 0.05) is 0 Å². The second-order valence-electron chi connectivity index (χ2n) is 2.72. The molecule has 1 rings (SSSR count). The number of carboxylic acid groups (broad SMARTS) is 2. The number of carbonyl (C=O) groups is 2. The zero-order valence-corrected chi connectivity index (χ0v) is 16.3. The number of halogens is 3. The number of hydrogen-bond acceptors (Lipinski definition) is 2. The normalized spacial score (nSPS) is 10.2. The van der Waals surface area contributed by atoms with E-state index in [-0.39, 0.29) is 14.7 Å². The van der Waals surface area contributed by atoms with E-state index in [1.54, 1.807) is 22.6 Å². The molecule has 0 spiro atoms. The topological polar surface area (TPSA) is 74.6 Å². The third kappa shape index (κ3) is 2.66. The van der Waals surface area contributed by atoms with Crippen LogP contribution in [0.4, 0.5) is 0 Å². The van der Waals surface area contributed by atoms with Crippen molar-refractivity contribution in [3.05, 3.63) is 21.8 Å². The molecule has 0 saturated carbocycles. The van der Waals surface area contributed by atoms with Crippen molar-refractivity contribution in [2.75, 3.05) is 0 Å². The van der Waals surface area contributed by atoms with Crippen LogP contribution < -0.4 is 4.35 Å². The summed E-state index contributed by atoms with van der Waals surface area (Å²) in [6.07, 6.45) is 0. The molecule has 8 heteroatoms. The molecule has 0 saturated heterocycles. The van der Waals surface area contributed by atoms with Crippen molar-refractivity contribution in [1.29, 1.82) is 0 Å². The molecule has 2 N–H and O–H groups in total. The van der Waals surface area contributed by atoms with E-state index in [0.717, 1.165) is 4.35 Å². The fourth-order valence-electron chi connectivity index (χ4n) is 1.06. The predicted octanol–water partition coefficient (Wildman–Crippen LogP) is 1.16. The third-order valence-corrected chi connectivity index (χ3v) is 8.78. The molecule has 86 valence electrons. The van der Waals surface area contributed by atoms with Crippen molar-refractivity contribution in [3.63, 3.8) is 0 Å². The molecular formula is C8H4AsI3O4. The zero-order valence-electron chi connectivity index (χ0n) is 7.42. The number of rotatable bonds is 2. The van der Waals surface area contributed by atoms with Crippen LogP contribution in [0.15, 0.2) is 0 Å². The van der Waals surface area contributed by atoms with Crippen LogP contribution in [0.2, 0.25) is 0 Å². The summed E-state index contributed by atoms with van der Waals surface area (Å²) < 4.78 is 2.27. The van der Waals surface area contributed by atoms with E-state index in [0.29, 0.717) is 7.14 Å². The van der Waals surface area contributed by atoms with Crippen LogP contribution in [0.5, 0.6) is 0 Å². The van der Waals surface area contributed by atoms with Gasteiger partial charge in [-0.25, -0.2) is 0 Å². The van der Waals surface area contributed by atoms with Gasteiger partial charge in [-0.2, -0.15) is 0 Å². The van der Waals surface area contributed by atoms with Crippen molar-refractivity contribution in [2.24, 2.45) is 0 Å². The first-order valence-electron chi connectivity index (χ1n) is 3.71. The van der Waals surface area contributed by atoms with E-state index in [9.17, 15) is 9.59 Å². The van der Waals surface area contributed by atoms with Crippen LogP contribution in [0.25, 0.3) is 0 Å². The van der Waals surface area contributed by atoms with Gasteiger partial charge in [-0.3, -0.25) is 0 Å². The van der Waals surface area contributed by atoms with Crippen LogP contribution in [-0.4, -0.2) is 39.0 Å². The third-order valence-electron chi connectivity index (χ3n) is 1.78. The van der Waals surface area contributed by atoms with Crippen molar-refractivity contribution < 1.29 is 19.8 Å². The molecule has 0 aliphatic carbocycles. The van der Waals surface area contributed by atoms with E-state index < -0.39 is 11.9 Å². The Kier molecular flexibility index (Phi) is 5.33. The van der Waals surface area contributed by atoms with Gasteiger partial charge in [-0.1, -0.05) is 0 Å². The van der Waals surface area contributed by atoms with Crippen molar-refractivity contribution in [1.82, 2.24) is 0 Å². The first-order chi connectivity index (χ1) is 7.29. The first kappa shape index (κ1) is 15.0. The Morgan fingerprint density at radius 3 is 1.44 bits per heavy atom. The van der Waals surface area contributed by atoms with E-state index in [1.165, 1.54) is 16.9 Å². The average Bonchev–Trinajstić information content (AvgIpc) is 2.13. The summed E-state index contributed by atoms with van der Waals surface area (Å²) in [7, 11) is 0. The molecule has 0 aliphatic heterocycles. The summed E-state index contributed by atoms with van der Waals surface area (Å²) in [6.45, 7) is 0. The molecule has 1 aromatic rings. The first-order valence-corrected chi connectivity index (χ1v) is 8.16. The summed E-state index contributed by atoms with van der Waals surface area (Å²) in [4.78, 5) is 22.2. The predicted molar refractivity (Wildman–Crippen MR) is 86.7 cm³/mol. The molecule has 0 radical (unpaired) electrons.